The van der Waals surface area contributed by atoms with Crippen LogP contribution in [0.25, 0.3) is 11.0 Å². The van der Waals surface area contributed by atoms with Crippen LogP contribution in [0.2, 0.25) is 0 Å². The van der Waals surface area contributed by atoms with E-state index in [0.29, 0.717) is 22.2 Å². The van der Waals surface area contributed by atoms with Gasteiger partial charge in [0.05, 0.1) is 17.0 Å². The van der Waals surface area contributed by atoms with Crippen LogP contribution in [0.1, 0.15) is 65.2 Å². The molecule has 0 aliphatic carbocycles. The zero-order valence-electron chi connectivity index (χ0n) is 19.9. The SMILES string of the molecule is Cc1cc2oc3c(c(=O)c2cc1C)C(c1ccc(C(C)(C)C)cc1)N(c1ccc(Br)cc1)C3=O. The molecule has 1 unspecified atom stereocenters. The van der Waals surface area contributed by atoms with Crippen LogP contribution >= 0.6 is 15.9 Å². The highest BCUT2D eigenvalue weighted by molar-refractivity contribution is 9.10. The van der Waals surface area contributed by atoms with Crippen LogP contribution in [0.4, 0.5) is 5.69 Å². The Morgan fingerprint density at radius 3 is 2.12 bits per heavy atom. The molecule has 172 valence electrons. The van der Waals surface area contributed by atoms with Gasteiger partial charge < -0.3 is 4.42 Å². The average molecular weight is 516 g/mol. The standard InChI is InChI=1S/C29H26BrNO3/c1-16-14-22-23(15-17(16)2)34-27-24(26(22)32)25(18-6-8-19(9-7-18)29(3,4)5)31(28(27)33)21-12-10-20(30)11-13-21/h6-15,25H,1-5H3. The van der Waals surface area contributed by atoms with Crippen molar-refractivity contribution in [3.8, 4) is 0 Å². The highest BCUT2D eigenvalue weighted by atomic mass is 79.9. The van der Waals surface area contributed by atoms with E-state index in [1.165, 1.54) is 5.56 Å². The van der Waals surface area contributed by atoms with E-state index in [2.05, 4.69) is 48.8 Å². The zero-order chi connectivity index (χ0) is 24.4. The number of hydrogen-bond acceptors (Lipinski definition) is 3. The summed E-state index contributed by atoms with van der Waals surface area (Å²) in [5, 5.41) is 0.503. The second kappa shape index (κ2) is 7.95. The van der Waals surface area contributed by atoms with E-state index in [1.54, 1.807) is 4.90 Å². The van der Waals surface area contributed by atoms with Gasteiger partial charge in [0.15, 0.2) is 5.43 Å². The van der Waals surface area contributed by atoms with Gasteiger partial charge in [-0.15, -0.1) is 0 Å². The van der Waals surface area contributed by atoms with Crippen LogP contribution in [0, 0.1) is 13.8 Å². The van der Waals surface area contributed by atoms with E-state index in [-0.39, 0.29) is 22.5 Å². The van der Waals surface area contributed by atoms with E-state index in [4.69, 9.17) is 4.42 Å². The van der Waals surface area contributed by atoms with Crippen molar-refractivity contribution in [3.05, 3.63) is 109 Å². The Morgan fingerprint density at radius 2 is 1.50 bits per heavy atom. The number of rotatable bonds is 2. The highest BCUT2D eigenvalue weighted by Gasteiger charge is 2.43. The average Bonchev–Trinajstić information content (AvgIpc) is 3.08. The molecule has 1 aliphatic rings. The molecule has 0 fully saturated rings. The van der Waals surface area contributed by atoms with Crippen LogP contribution in [0.3, 0.4) is 0 Å². The Hall–Kier alpha value is -3.18. The number of fused-ring (bicyclic) bond motifs is 2. The van der Waals surface area contributed by atoms with Gasteiger partial charge in [0.25, 0.3) is 5.91 Å². The van der Waals surface area contributed by atoms with Crippen molar-refractivity contribution < 1.29 is 9.21 Å². The molecule has 0 bridgehead atoms. The summed E-state index contributed by atoms with van der Waals surface area (Å²) in [5.41, 5.74) is 5.48. The van der Waals surface area contributed by atoms with Gasteiger partial charge in [-0.3, -0.25) is 14.5 Å². The first-order chi connectivity index (χ1) is 16.1. The van der Waals surface area contributed by atoms with Gasteiger partial charge in [-0.25, -0.2) is 0 Å². The lowest BCUT2D eigenvalue weighted by atomic mass is 9.85. The van der Waals surface area contributed by atoms with Crippen molar-refractivity contribution in [3.63, 3.8) is 0 Å². The first-order valence-corrected chi connectivity index (χ1v) is 12.1. The van der Waals surface area contributed by atoms with Crippen LogP contribution in [-0.4, -0.2) is 5.91 Å². The van der Waals surface area contributed by atoms with E-state index >= 15 is 0 Å². The molecule has 0 N–H and O–H groups in total. The largest absolute Gasteiger partial charge is 0.450 e. The number of carbonyl (C=O) groups is 1. The molecular weight excluding hydrogens is 490 g/mol. The van der Waals surface area contributed by atoms with Crippen molar-refractivity contribution in [2.45, 2.75) is 46.1 Å². The van der Waals surface area contributed by atoms with Crippen LogP contribution < -0.4 is 10.3 Å². The molecule has 5 rings (SSSR count). The fraction of sp³-hybridized carbons (Fsp3) is 0.241. The van der Waals surface area contributed by atoms with Crippen LogP contribution in [0.15, 0.2) is 74.3 Å². The molecule has 0 saturated carbocycles. The maximum atomic E-state index is 13.8. The van der Waals surface area contributed by atoms with Gasteiger partial charge >= 0.3 is 0 Å². The van der Waals surface area contributed by atoms with E-state index in [1.807, 2.05) is 62.4 Å². The van der Waals surface area contributed by atoms with Crippen molar-refractivity contribution in [1.82, 2.24) is 0 Å². The van der Waals surface area contributed by atoms with Crippen molar-refractivity contribution in [2.24, 2.45) is 0 Å². The minimum Gasteiger partial charge on any atom is -0.450 e. The number of aryl methyl sites for hydroxylation is 2. The summed E-state index contributed by atoms with van der Waals surface area (Å²) in [7, 11) is 0. The minimum atomic E-state index is -0.569. The molecular formula is C29H26BrNO3. The van der Waals surface area contributed by atoms with Gasteiger partial charge in [-0.2, -0.15) is 0 Å². The monoisotopic (exact) mass is 515 g/mol. The molecule has 1 aliphatic heterocycles. The molecule has 3 aromatic carbocycles. The lowest BCUT2D eigenvalue weighted by molar-refractivity contribution is 0.0971. The molecule has 1 amide bonds. The van der Waals surface area contributed by atoms with Gasteiger partial charge in [0.2, 0.25) is 5.76 Å². The molecule has 1 aromatic heterocycles. The summed E-state index contributed by atoms with van der Waals surface area (Å²) in [6, 6.07) is 18.9. The third-order valence-electron chi connectivity index (χ3n) is 6.68. The van der Waals surface area contributed by atoms with E-state index in [9.17, 15) is 9.59 Å². The van der Waals surface area contributed by atoms with Crippen molar-refractivity contribution in [2.75, 3.05) is 4.90 Å². The Labute approximate surface area is 207 Å². The van der Waals surface area contributed by atoms with Gasteiger partial charge in [0.1, 0.15) is 5.58 Å². The van der Waals surface area contributed by atoms with E-state index in [0.717, 1.165) is 21.2 Å². The molecule has 34 heavy (non-hydrogen) atoms. The van der Waals surface area contributed by atoms with Gasteiger partial charge in [-0.1, -0.05) is 61.0 Å². The molecule has 1 atom stereocenters. The summed E-state index contributed by atoms with van der Waals surface area (Å²) in [5.74, 6) is -0.187. The Bertz CT molecular complexity index is 1490. The second-order valence-corrected chi connectivity index (χ2v) is 10.9. The normalized spacial score (nSPS) is 15.8. The smallest absolute Gasteiger partial charge is 0.295 e. The first-order valence-electron chi connectivity index (χ1n) is 11.3. The zero-order valence-corrected chi connectivity index (χ0v) is 21.5. The number of nitrogens with zero attached hydrogens (tertiary/aromatic N) is 1. The van der Waals surface area contributed by atoms with Crippen LogP contribution in [0.5, 0.6) is 0 Å². The number of hydrogen-bond donors (Lipinski definition) is 0. The number of carbonyl (C=O) groups excluding carboxylic acids is 1. The molecule has 0 spiro atoms. The maximum absolute atomic E-state index is 13.8. The number of benzene rings is 3. The Balaban J connectivity index is 1.78. The maximum Gasteiger partial charge on any atom is 0.295 e. The first kappa shape index (κ1) is 22.6. The van der Waals surface area contributed by atoms with Gasteiger partial charge in [0, 0.05) is 10.2 Å². The summed E-state index contributed by atoms with van der Waals surface area (Å²) < 4.78 is 7.05. The predicted molar refractivity (Wildman–Crippen MR) is 140 cm³/mol. The Morgan fingerprint density at radius 1 is 0.882 bits per heavy atom. The lowest BCUT2D eigenvalue weighted by Crippen LogP contribution is -2.29. The molecule has 2 heterocycles. The van der Waals surface area contributed by atoms with E-state index < -0.39 is 6.04 Å². The number of halogens is 1. The third kappa shape index (κ3) is 3.59. The fourth-order valence-electron chi connectivity index (χ4n) is 4.58. The summed E-state index contributed by atoms with van der Waals surface area (Å²) in [6.07, 6.45) is 0. The van der Waals surface area contributed by atoms with Crippen molar-refractivity contribution in [1.29, 1.82) is 0 Å². The Kier molecular flexibility index (Phi) is 5.28. The summed E-state index contributed by atoms with van der Waals surface area (Å²) in [4.78, 5) is 29.2. The minimum absolute atomic E-state index is 0.00204. The molecule has 4 nitrogen and oxygen atoms in total. The summed E-state index contributed by atoms with van der Waals surface area (Å²) >= 11 is 3.47. The molecule has 5 heteroatoms. The number of anilines is 1. The lowest BCUT2D eigenvalue weighted by Gasteiger charge is -2.26. The van der Waals surface area contributed by atoms with Gasteiger partial charge in [-0.05, 0) is 77.9 Å². The number of amides is 1. The second-order valence-electron chi connectivity index (χ2n) is 10.0. The quantitative estimate of drug-likeness (QED) is 0.283. The topological polar surface area (TPSA) is 50.5 Å². The molecule has 0 radical (unpaired) electrons. The molecule has 4 aromatic rings. The molecule has 0 saturated heterocycles. The summed E-state index contributed by atoms with van der Waals surface area (Å²) in [6.45, 7) is 10.4. The highest BCUT2D eigenvalue weighted by Crippen LogP contribution is 2.42. The van der Waals surface area contributed by atoms with Crippen molar-refractivity contribution >= 4 is 38.5 Å². The fourth-order valence-corrected chi connectivity index (χ4v) is 4.84. The van der Waals surface area contributed by atoms with Crippen LogP contribution in [-0.2, 0) is 5.41 Å². The third-order valence-corrected chi connectivity index (χ3v) is 7.21. The predicted octanol–water partition coefficient (Wildman–Crippen LogP) is 7.22.